The third-order valence-electron chi connectivity index (χ3n) is 1.57. The van der Waals surface area contributed by atoms with Gasteiger partial charge in [0.15, 0.2) is 0 Å². The van der Waals surface area contributed by atoms with Gasteiger partial charge in [-0.2, -0.15) is 0 Å². The van der Waals surface area contributed by atoms with Gasteiger partial charge in [-0.15, -0.1) is 0 Å². The first-order valence-corrected chi connectivity index (χ1v) is 3.54. The molecule has 0 aliphatic rings. The maximum absolute atomic E-state index is 12.0. The molecule has 0 radical (unpaired) electrons. The normalized spacial score (nSPS) is 13.0. The highest BCUT2D eigenvalue weighted by Gasteiger charge is 2.04. The van der Waals surface area contributed by atoms with Crippen LogP contribution in [-0.2, 0) is 0 Å². The molecule has 1 N–H and O–H groups in total. The van der Waals surface area contributed by atoms with E-state index >= 15 is 0 Å². The Balaban J connectivity index is 2.86. The van der Waals surface area contributed by atoms with Gasteiger partial charge in [-0.3, -0.25) is 0 Å². The van der Waals surface area contributed by atoms with E-state index in [4.69, 9.17) is 5.11 Å². The summed E-state index contributed by atoms with van der Waals surface area (Å²) in [6.45, 7) is 1.19. The zero-order chi connectivity index (χ0) is 8.27. The number of aliphatic hydroxyl groups is 1. The fourth-order valence-electron chi connectivity index (χ4n) is 0.966. The molecule has 11 heavy (non-hydrogen) atoms. The molecule has 0 aliphatic heterocycles. The zero-order valence-corrected chi connectivity index (χ0v) is 6.42. The molecule has 0 aliphatic carbocycles. The van der Waals surface area contributed by atoms with Gasteiger partial charge in [0, 0.05) is 0 Å². The predicted octanol–water partition coefficient (Wildman–Crippen LogP) is 2.00. The van der Waals surface area contributed by atoms with Crippen LogP contribution in [0.4, 0.5) is 4.39 Å². The topological polar surface area (TPSA) is 20.2 Å². The first-order valence-electron chi connectivity index (χ1n) is 3.54. The minimum Gasteiger partial charge on any atom is -0.386 e. The summed E-state index contributed by atoms with van der Waals surface area (Å²) < 4.78 is 12.0. The molecule has 1 aromatic rings. The molecular formula is C9H11FO. The average molecular weight is 154 g/mol. The largest absolute Gasteiger partial charge is 0.386 e. The number of halogens is 1. The summed E-state index contributed by atoms with van der Waals surface area (Å²) in [7, 11) is 0. The Bertz CT molecular complexity index is 235. The van der Waals surface area contributed by atoms with Crippen LogP contribution >= 0.6 is 0 Å². The van der Waals surface area contributed by atoms with Crippen molar-refractivity contribution < 1.29 is 9.50 Å². The van der Waals surface area contributed by atoms with Gasteiger partial charge in [-0.1, -0.05) is 29.8 Å². The van der Waals surface area contributed by atoms with Crippen molar-refractivity contribution in [3.05, 3.63) is 35.4 Å². The molecule has 60 valence electrons. The van der Waals surface area contributed by atoms with Gasteiger partial charge in [0.25, 0.3) is 0 Å². The smallest absolute Gasteiger partial charge is 0.119 e. The fraction of sp³-hybridized carbons (Fsp3) is 0.333. The quantitative estimate of drug-likeness (QED) is 0.690. The fourth-order valence-corrected chi connectivity index (χ4v) is 0.966. The first-order chi connectivity index (χ1) is 5.24. The average Bonchev–Trinajstić information content (AvgIpc) is 2.03. The molecule has 0 bridgehead atoms. The van der Waals surface area contributed by atoms with E-state index in [-0.39, 0.29) is 0 Å². The molecule has 1 atom stereocenters. The molecule has 0 heterocycles. The molecule has 1 nitrogen and oxygen atoms in total. The highest BCUT2D eigenvalue weighted by Crippen LogP contribution is 2.13. The van der Waals surface area contributed by atoms with Gasteiger partial charge in [0.1, 0.15) is 12.8 Å². The van der Waals surface area contributed by atoms with Crippen LogP contribution in [0.3, 0.4) is 0 Å². The second-order valence-electron chi connectivity index (χ2n) is 2.58. The zero-order valence-electron chi connectivity index (χ0n) is 6.42. The minimum absolute atomic E-state index is 0.646. The van der Waals surface area contributed by atoms with Gasteiger partial charge in [0.2, 0.25) is 0 Å². The molecule has 0 fully saturated rings. The number of rotatable bonds is 2. The summed E-state index contributed by atoms with van der Waals surface area (Å²) in [5.74, 6) is 0. The summed E-state index contributed by atoms with van der Waals surface area (Å²) in [5, 5.41) is 9.08. The van der Waals surface area contributed by atoms with Gasteiger partial charge < -0.3 is 5.11 Å². The van der Waals surface area contributed by atoms with Crippen LogP contribution in [0.1, 0.15) is 17.2 Å². The Morgan fingerprint density at radius 2 is 2.27 bits per heavy atom. The van der Waals surface area contributed by atoms with Crippen molar-refractivity contribution in [2.45, 2.75) is 13.0 Å². The second-order valence-corrected chi connectivity index (χ2v) is 2.58. The van der Waals surface area contributed by atoms with Crippen LogP contribution in [0.2, 0.25) is 0 Å². The maximum atomic E-state index is 12.0. The van der Waals surface area contributed by atoms with Crippen LogP contribution in [-0.4, -0.2) is 11.8 Å². The van der Waals surface area contributed by atoms with E-state index in [2.05, 4.69) is 0 Å². The highest BCUT2D eigenvalue weighted by molar-refractivity contribution is 5.23. The SMILES string of the molecule is Cc1cccc([C@H](O)CF)c1. The first kappa shape index (κ1) is 8.21. The lowest BCUT2D eigenvalue weighted by molar-refractivity contribution is 0.141. The van der Waals surface area contributed by atoms with Crippen LogP contribution in [0.15, 0.2) is 24.3 Å². The standard InChI is InChI=1S/C9H11FO/c1-7-3-2-4-8(5-7)9(11)6-10/h2-5,9,11H,6H2,1H3/t9-/m1/s1. The van der Waals surface area contributed by atoms with E-state index in [0.29, 0.717) is 5.56 Å². The molecule has 1 rings (SSSR count). The Morgan fingerprint density at radius 3 is 2.82 bits per heavy atom. The van der Waals surface area contributed by atoms with E-state index in [1.165, 1.54) is 0 Å². The molecule has 2 heteroatoms. The van der Waals surface area contributed by atoms with E-state index in [1.54, 1.807) is 12.1 Å². The van der Waals surface area contributed by atoms with Crippen LogP contribution < -0.4 is 0 Å². The van der Waals surface area contributed by atoms with E-state index in [1.807, 2.05) is 19.1 Å². The summed E-state index contributed by atoms with van der Waals surface area (Å²) in [5.41, 5.74) is 1.68. The minimum atomic E-state index is -0.963. The number of aliphatic hydroxyl groups excluding tert-OH is 1. The van der Waals surface area contributed by atoms with Crippen molar-refractivity contribution in [1.29, 1.82) is 0 Å². The van der Waals surface area contributed by atoms with Gasteiger partial charge in [0.05, 0.1) is 0 Å². The Kier molecular flexibility index (Phi) is 2.60. The molecule has 0 aromatic heterocycles. The Labute approximate surface area is 65.5 Å². The third-order valence-corrected chi connectivity index (χ3v) is 1.57. The van der Waals surface area contributed by atoms with Crippen molar-refractivity contribution in [3.8, 4) is 0 Å². The molecule has 1 aromatic carbocycles. The maximum Gasteiger partial charge on any atom is 0.119 e. The number of benzene rings is 1. The number of hydrogen-bond donors (Lipinski definition) is 1. The van der Waals surface area contributed by atoms with Crippen molar-refractivity contribution in [2.75, 3.05) is 6.67 Å². The predicted molar refractivity (Wildman–Crippen MR) is 42.1 cm³/mol. The van der Waals surface area contributed by atoms with Crippen molar-refractivity contribution in [2.24, 2.45) is 0 Å². The summed E-state index contributed by atoms with van der Waals surface area (Å²) in [6, 6.07) is 7.22. The molecule has 0 saturated carbocycles. The van der Waals surface area contributed by atoms with Crippen molar-refractivity contribution in [3.63, 3.8) is 0 Å². The molecule has 0 spiro atoms. The summed E-state index contributed by atoms with van der Waals surface area (Å²) in [6.07, 6.45) is -0.963. The summed E-state index contributed by atoms with van der Waals surface area (Å²) >= 11 is 0. The number of aryl methyl sites for hydroxylation is 1. The van der Waals surface area contributed by atoms with E-state index in [0.717, 1.165) is 5.56 Å². The lowest BCUT2D eigenvalue weighted by Crippen LogP contribution is -1.98. The van der Waals surface area contributed by atoms with Crippen LogP contribution in [0.5, 0.6) is 0 Å². The van der Waals surface area contributed by atoms with Gasteiger partial charge in [-0.05, 0) is 12.5 Å². The number of alkyl halides is 1. The molecule has 0 amide bonds. The van der Waals surface area contributed by atoms with Gasteiger partial charge >= 0.3 is 0 Å². The lowest BCUT2D eigenvalue weighted by Gasteiger charge is -2.05. The Morgan fingerprint density at radius 1 is 1.55 bits per heavy atom. The van der Waals surface area contributed by atoms with Crippen molar-refractivity contribution in [1.82, 2.24) is 0 Å². The highest BCUT2D eigenvalue weighted by atomic mass is 19.1. The van der Waals surface area contributed by atoms with Gasteiger partial charge in [-0.25, -0.2) is 4.39 Å². The number of hydrogen-bond acceptors (Lipinski definition) is 1. The van der Waals surface area contributed by atoms with Crippen molar-refractivity contribution >= 4 is 0 Å². The van der Waals surface area contributed by atoms with Crippen LogP contribution in [0, 0.1) is 6.92 Å². The molecule has 0 unspecified atom stereocenters. The third kappa shape index (κ3) is 2.02. The lowest BCUT2D eigenvalue weighted by atomic mass is 10.1. The monoisotopic (exact) mass is 154 g/mol. The Hall–Kier alpha value is -0.890. The van der Waals surface area contributed by atoms with Crippen LogP contribution in [0.25, 0.3) is 0 Å². The van der Waals surface area contributed by atoms with E-state index < -0.39 is 12.8 Å². The molecular weight excluding hydrogens is 143 g/mol. The second kappa shape index (κ2) is 3.49. The molecule has 0 saturated heterocycles. The van der Waals surface area contributed by atoms with E-state index in [9.17, 15) is 4.39 Å². The summed E-state index contributed by atoms with van der Waals surface area (Å²) in [4.78, 5) is 0.